The van der Waals surface area contributed by atoms with Crippen molar-refractivity contribution < 1.29 is 30.3 Å². The lowest BCUT2D eigenvalue weighted by atomic mass is 10.0. The van der Waals surface area contributed by atoms with Crippen molar-refractivity contribution in [2.45, 2.75) is 85.4 Å². The fourth-order valence-electron chi connectivity index (χ4n) is 6.55. The van der Waals surface area contributed by atoms with E-state index >= 15 is 0 Å². The Morgan fingerprint density at radius 1 is 0.426 bits per heavy atom. The summed E-state index contributed by atoms with van der Waals surface area (Å²) in [5.74, 6) is 1.10. The minimum absolute atomic E-state index is 0.137. The van der Waals surface area contributed by atoms with Gasteiger partial charge >= 0.3 is 0 Å². The number of hydrogen-bond acceptors (Lipinski definition) is 13. The molecule has 3 unspecified atom stereocenters. The van der Waals surface area contributed by atoms with E-state index in [-0.39, 0.29) is 41.3 Å². The topological polar surface area (TPSA) is 242 Å². The maximum Gasteiger partial charge on any atom is 0.218 e. The molecule has 0 saturated heterocycles. The third-order valence-electron chi connectivity index (χ3n) is 10.1. The van der Waals surface area contributed by atoms with Crippen molar-refractivity contribution in [2.75, 3.05) is 65.4 Å². The van der Waals surface area contributed by atoms with Crippen LogP contribution in [0.2, 0.25) is 0 Å². The Bertz CT molecular complexity index is 1870. The molecular formula is C54H84N8O6. The first kappa shape index (κ1) is 60.3. The summed E-state index contributed by atoms with van der Waals surface area (Å²) >= 11 is 0. The van der Waals surface area contributed by atoms with E-state index in [0.717, 1.165) is 81.8 Å². The molecule has 14 nitrogen and oxygen atoms in total. The number of hydrogen-bond donors (Lipinski definition) is 13. The average molecular weight is 941 g/mol. The highest BCUT2D eigenvalue weighted by molar-refractivity contribution is 5.73. The molecule has 0 aromatic heterocycles. The van der Waals surface area contributed by atoms with Gasteiger partial charge in [0.1, 0.15) is 28.7 Å². The summed E-state index contributed by atoms with van der Waals surface area (Å²) in [7, 11) is 0. The zero-order chi connectivity index (χ0) is 50.4. The van der Waals surface area contributed by atoms with Crippen molar-refractivity contribution >= 4 is 5.91 Å². The second kappa shape index (κ2) is 38.3. The Labute approximate surface area is 407 Å². The molecule has 3 atom stereocenters. The number of aromatic hydroxyl groups is 5. The van der Waals surface area contributed by atoms with Crippen LogP contribution in [0.4, 0.5) is 0 Å². The second-order valence-electron chi connectivity index (χ2n) is 15.9. The van der Waals surface area contributed by atoms with Crippen LogP contribution in [0.3, 0.4) is 0 Å². The van der Waals surface area contributed by atoms with Crippen molar-refractivity contribution in [3.8, 4) is 28.7 Å². The Morgan fingerprint density at radius 3 is 0.956 bits per heavy atom. The zero-order valence-corrected chi connectivity index (χ0v) is 41.5. The van der Waals surface area contributed by atoms with Gasteiger partial charge in [0.05, 0.1) is 0 Å². The van der Waals surface area contributed by atoms with Gasteiger partial charge in [-0.3, -0.25) is 4.79 Å². The van der Waals surface area contributed by atoms with Crippen molar-refractivity contribution in [3.05, 3.63) is 149 Å². The molecule has 0 saturated carbocycles. The van der Waals surface area contributed by atoms with Crippen LogP contribution in [0.15, 0.2) is 121 Å². The van der Waals surface area contributed by atoms with Crippen LogP contribution in [-0.2, 0) is 24.1 Å². The third kappa shape index (κ3) is 30.6. The minimum atomic E-state index is -0.324. The van der Waals surface area contributed by atoms with Crippen LogP contribution in [0.25, 0.3) is 0 Å². The Hall–Kier alpha value is -5.71. The van der Waals surface area contributed by atoms with E-state index in [1.165, 1.54) is 11.1 Å². The predicted octanol–water partition coefficient (Wildman–Crippen LogP) is 5.76. The van der Waals surface area contributed by atoms with Gasteiger partial charge in [0.25, 0.3) is 0 Å². The number of nitrogens with one attached hydrogen (secondary N) is 6. The highest BCUT2D eigenvalue weighted by Gasteiger charge is 2.13. The molecule has 0 bridgehead atoms. The molecule has 15 N–H and O–H groups in total. The number of nitrogens with two attached hydrogens (primary N) is 2. The minimum Gasteiger partial charge on any atom is -0.508 e. The second-order valence-corrected chi connectivity index (χ2v) is 15.9. The maximum atomic E-state index is 11.1. The Balaban J connectivity index is 0.000000951. The van der Waals surface area contributed by atoms with Crippen LogP contribution in [0.5, 0.6) is 28.7 Å². The molecule has 1 amide bonds. The zero-order valence-electron chi connectivity index (χ0n) is 41.5. The molecule has 5 aromatic carbocycles. The molecule has 0 aliphatic heterocycles. The number of primary amides is 1. The van der Waals surface area contributed by atoms with Gasteiger partial charge in [0.15, 0.2) is 0 Å². The van der Waals surface area contributed by atoms with Gasteiger partial charge in [0, 0.05) is 90.0 Å². The summed E-state index contributed by atoms with van der Waals surface area (Å²) in [6.45, 7) is 19.2. The fraction of sp³-hybridized carbons (Fsp3) is 0.426. The first-order valence-corrected chi connectivity index (χ1v) is 24.0. The van der Waals surface area contributed by atoms with Crippen LogP contribution < -0.4 is 43.4 Å². The van der Waals surface area contributed by atoms with E-state index in [4.69, 9.17) is 21.7 Å². The van der Waals surface area contributed by atoms with Gasteiger partial charge in [-0.1, -0.05) is 99.5 Å². The molecule has 68 heavy (non-hydrogen) atoms. The Kier molecular flexibility index (Phi) is 33.9. The third-order valence-corrected chi connectivity index (χ3v) is 10.1. The number of phenols is 5. The predicted molar refractivity (Wildman–Crippen MR) is 281 cm³/mol. The molecule has 5 aromatic rings. The summed E-state index contributed by atoms with van der Waals surface area (Å²) in [6.07, 6.45) is 2.72. The van der Waals surface area contributed by atoms with Gasteiger partial charge in [-0.15, -0.1) is 0 Å². The normalized spacial score (nSPS) is 11.7. The van der Waals surface area contributed by atoms with Crippen LogP contribution >= 0.6 is 0 Å². The van der Waals surface area contributed by atoms with E-state index in [1.54, 1.807) is 60.7 Å². The van der Waals surface area contributed by atoms with Gasteiger partial charge in [-0.2, -0.15) is 0 Å². The molecule has 5 rings (SSSR count). The van der Waals surface area contributed by atoms with Crippen LogP contribution in [0.1, 0.15) is 61.9 Å². The number of carbonyl (C=O) groups is 1. The molecule has 376 valence electrons. The van der Waals surface area contributed by atoms with Crippen molar-refractivity contribution in [2.24, 2.45) is 11.5 Å². The number of carbonyl (C=O) groups excluding carboxylic acids is 1. The quantitative estimate of drug-likeness (QED) is 0.0296. The van der Waals surface area contributed by atoms with E-state index in [0.29, 0.717) is 37.6 Å². The molecule has 0 radical (unpaired) electrons. The molecule has 0 spiro atoms. The number of phenolic OH excluding ortho intramolecular Hbond substituents is 5. The standard InChI is InChI=1S/C36H56N8O4.2C7H8O.2C2H6/c37-14-16-42-30(21-27-1-7-33(45)8-2-27)25-40-17-20-44-32(23-29-5-11-35(47)12-6-29)26-41-18-19-43-31(24-39-15-13-36(38)48)22-28-3-9-34(46)10-4-28;2*1-6-2-4-7(8)5-3-6;2*1-2/h1-12,30-32,39-47H,13-26,37H2,(H2,38,48);2*2-5,8H,1H3;2*1-2H3. The van der Waals surface area contributed by atoms with Crippen LogP contribution in [0, 0.1) is 13.8 Å². The van der Waals surface area contributed by atoms with Crippen molar-refractivity contribution in [1.29, 1.82) is 0 Å². The molecule has 0 aliphatic rings. The highest BCUT2D eigenvalue weighted by atomic mass is 16.3. The number of rotatable bonds is 26. The lowest BCUT2D eigenvalue weighted by Crippen LogP contribution is -2.47. The molecule has 0 heterocycles. The average Bonchev–Trinajstić information content (AvgIpc) is 3.34. The van der Waals surface area contributed by atoms with Gasteiger partial charge in [-0.05, 0) is 110 Å². The summed E-state index contributed by atoms with van der Waals surface area (Å²) in [5, 5.41) is 67.8. The molecule has 0 aliphatic carbocycles. The van der Waals surface area contributed by atoms with E-state index in [2.05, 4.69) is 31.9 Å². The van der Waals surface area contributed by atoms with E-state index in [9.17, 15) is 20.1 Å². The number of amides is 1. The van der Waals surface area contributed by atoms with E-state index < -0.39 is 0 Å². The Morgan fingerprint density at radius 2 is 0.691 bits per heavy atom. The van der Waals surface area contributed by atoms with Crippen LogP contribution in [-0.4, -0.2) is 115 Å². The summed E-state index contributed by atoms with van der Waals surface area (Å²) in [5.41, 5.74) is 16.8. The SMILES string of the molecule is CC.CC.Cc1ccc(O)cc1.Cc1ccc(O)cc1.NCCNC(CNCCNC(CNCCNC(CNCCC(N)=O)Cc1ccc(O)cc1)Cc1ccc(O)cc1)Cc1ccc(O)cc1. The molecule has 14 heteroatoms. The van der Waals surface area contributed by atoms with Crippen molar-refractivity contribution in [1.82, 2.24) is 31.9 Å². The number of aryl methyl sites for hydroxylation is 2. The van der Waals surface area contributed by atoms with E-state index in [1.807, 2.05) is 102 Å². The smallest absolute Gasteiger partial charge is 0.218 e. The summed E-state index contributed by atoms with van der Waals surface area (Å²) in [4.78, 5) is 11.1. The number of benzene rings is 5. The largest absolute Gasteiger partial charge is 0.508 e. The van der Waals surface area contributed by atoms with Crippen molar-refractivity contribution in [3.63, 3.8) is 0 Å². The van der Waals surface area contributed by atoms with Gasteiger partial charge < -0.3 is 68.9 Å². The molecule has 0 fully saturated rings. The monoisotopic (exact) mass is 941 g/mol. The lowest BCUT2D eigenvalue weighted by molar-refractivity contribution is -0.117. The first-order chi connectivity index (χ1) is 32.9. The van der Waals surface area contributed by atoms with Gasteiger partial charge in [0.2, 0.25) is 5.91 Å². The first-order valence-electron chi connectivity index (χ1n) is 24.0. The maximum absolute atomic E-state index is 11.1. The highest BCUT2D eigenvalue weighted by Crippen LogP contribution is 2.14. The fourth-order valence-corrected chi connectivity index (χ4v) is 6.55. The summed E-state index contributed by atoms with van der Waals surface area (Å²) in [6, 6.07) is 36.6. The summed E-state index contributed by atoms with van der Waals surface area (Å²) < 4.78 is 0. The lowest BCUT2D eigenvalue weighted by Gasteiger charge is -2.23. The van der Waals surface area contributed by atoms with Gasteiger partial charge in [-0.25, -0.2) is 0 Å². The molecular weight excluding hydrogens is 857 g/mol.